The third-order valence-electron chi connectivity index (χ3n) is 2.96. The molecule has 0 aromatic heterocycles. The fraction of sp³-hybridized carbons (Fsp3) is 0.538. The van der Waals surface area contributed by atoms with Crippen LogP contribution in [0.4, 0.5) is 4.39 Å². The highest BCUT2D eigenvalue weighted by atomic mass is 19.1. The molecule has 2 nitrogen and oxygen atoms in total. The molecule has 0 saturated carbocycles. The van der Waals surface area contributed by atoms with Gasteiger partial charge in [-0.05, 0) is 26.8 Å². The molecule has 1 aromatic carbocycles. The zero-order chi connectivity index (χ0) is 12.1. The number of hydrogen-bond donors (Lipinski definition) is 1. The molecule has 0 amide bonds. The fourth-order valence-corrected chi connectivity index (χ4v) is 1.65. The summed E-state index contributed by atoms with van der Waals surface area (Å²) in [6.45, 7) is 5.98. The van der Waals surface area contributed by atoms with Gasteiger partial charge in [0.15, 0.2) is 0 Å². The van der Waals surface area contributed by atoms with Gasteiger partial charge in [0.05, 0.1) is 6.10 Å². The topological polar surface area (TPSA) is 21.3 Å². The van der Waals surface area contributed by atoms with E-state index in [1.54, 1.807) is 19.2 Å². The van der Waals surface area contributed by atoms with Crippen LogP contribution in [0.1, 0.15) is 32.4 Å². The molecule has 0 aliphatic carbocycles. The zero-order valence-electron chi connectivity index (χ0n) is 10.3. The molecule has 0 bridgehead atoms. The van der Waals surface area contributed by atoms with Crippen molar-refractivity contribution < 1.29 is 9.13 Å². The number of halogens is 1. The fourth-order valence-electron chi connectivity index (χ4n) is 1.65. The Hall–Kier alpha value is -0.930. The molecule has 0 fully saturated rings. The number of benzene rings is 1. The van der Waals surface area contributed by atoms with Crippen molar-refractivity contribution in [3.05, 3.63) is 35.6 Å². The minimum Gasteiger partial charge on any atom is -0.380 e. The van der Waals surface area contributed by atoms with Gasteiger partial charge in [0.25, 0.3) is 0 Å². The van der Waals surface area contributed by atoms with Gasteiger partial charge < -0.3 is 10.1 Å². The monoisotopic (exact) mass is 225 g/mol. The van der Waals surface area contributed by atoms with Gasteiger partial charge in [0.2, 0.25) is 0 Å². The van der Waals surface area contributed by atoms with Crippen LogP contribution in [-0.4, -0.2) is 19.3 Å². The molecule has 1 N–H and O–H groups in total. The van der Waals surface area contributed by atoms with E-state index in [2.05, 4.69) is 5.32 Å². The smallest absolute Gasteiger partial charge is 0.127 e. The number of hydrogen-bond acceptors (Lipinski definition) is 2. The number of ether oxygens (including phenoxy) is 1. The first-order valence-corrected chi connectivity index (χ1v) is 5.59. The van der Waals surface area contributed by atoms with Gasteiger partial charge in [0, 0.05) is 24.8 Å². The Kier molecular flexibility index (Phi) is 4.90. The van der Waals surface area contributed by atoms with Crippen molar-refractivity contribution in [1.82, 2.24) is 5.32 Å². The van der Waals surface area contributed by atoms with E-state index < -0.39 is 0 Å². The van der Waals surface area contributed by atoms with E-state index in [0.717, 1.165) is 0 Å². The van der Waals surface area contributed by atoms with Gasteiger partial charge in [-0.1, -0.05) is 18.2 Å². The van der Waals surface area contributed by atoms with E-state index in [1.807, 2.05) is 26.8 Å². The van der Waals surface area contributed by atoms with Crippen LogP contribution >= 0.6 is 0 Å². The molecular weight excluding hydrogens is 205 g/mol. The summed E-state index contributed by atoms with van der Waals surface area (Å²) < 4.78 is 18.7. The SMILES string of the molecule is COC(C)C(C)N[C@H](C)c1ccccc1F. The van der Waals surface area contributed by atoms with Crippen LogP contribution in [-0.2, 0) is 4.74 Å². The van der Waals surface area contributed by atoms with Crippen molar-refractivity contribution in [2.75, 3.05) is 7.11 Å². The Morgan fingerprint density at radius 1 is 1.19 bits per heavy atom. The lowest BCUT2D eigenvalue weighted by Gasteiger charge is -2.24. The van der Waals surface area contributed by atoms with Crippen molar-refractivity contribution in [3.8, 4) is 0 Å². The maximum Gasteiger partial charge on any atom is 0.127 e. The highest BCUT2D eigenvalue weighted by molar-refractivity contribution is 5.20. The first-order valence-electron chi connectivity index (χ1n) is 5.59. The van der Waals surface area contributed by atoms with Crippen molar-refractivity contribution >= 4 is 0 Å². The molecular formula is C13H20FNO. The van der Waals surface area contributed by atoms with Crippen LogP contribution in [0.25, 0.3) is 0 Å². The Bertz CT molecular complexity index is 329. The summed E-state index contributed by atoms with van der Waals surface area (Å²) in [7, 11) is 1.68. The maximum absolute atomic E-state index is 13.5. The van der Waals surface area contributed by atoms with E-state index in [1.165, 1.54) is 6.07 Å². The molecule has 0 aliphatic heterocycles. The molecule has 3 heteroatoms. The standard InChI is InChI=1S/C13H20FNO/c1-9(11(3)16-4)15-10(2)12-7-5-6-8-13(12)14/h5-11,15H,1-4H3/t9?,10-,11?/m1/s1. The summed E-state index contributed by atoms with van der Waals surface area (Å²) >= 11 is 0. The Balaban J connectivity index is 2.65. The normalized spacial score (nSPS) is 16.8. The van der Waals surface area contributed by atoms with Crippen LogP contribution in [0.5, 0.6) is 0 Å². The maximum atomic E-state index is 13.5. The van der Waals surface area contributed by atoms with Gasteiger partial charge in [-0.25, -0.2) is 4.39 Å². The predicted octanol–water partition coefficient (Wildman–Crippen LogP) is 2.90. The van der Waals surface area contributed by atoms with Crippen LogP contribution in [0.2, 0.25) is 0 Å². The summed E-state index contributed by atoms with van der Waals surface area (Å²) in [5.74, 6) is -0.167. The molecule has 1 aromatic rings. The Labute approximate surface area is 96.8 Å². The minimum atomic E-state index is -0.167. The average molecular weight is 225 g/mol. The number of methoxy groups -OCH3 is 1. The molecule has 2 unspecified atom stereocenters. The second-order valence-electron chi connectivity index (χ2n) is 4.14. The van der Waals surface area contributed by atoms with Crippen molar-refractivity contribution in [2.45, 2.75) is 39.0 Å². The summed E-state index contributed by atoms with van der Waals surface area (Å²) in [5, 5.41) is 3.32. The molecule has 3 atom stereocenters. The predicted molar refractivity (Wildman–Crippen MR) is 63.9 cm³/mol. The van der Waals surface area contributed by atoms with E-state index in [4.69, 9.17) is 4.74 Å². The minimum absolute atomic E-state index is 0.0196. The molecule has 1 rings (SSSR count). The summed E-state index contributed by atoms with van der Waals surface area (Å²) in [6, 6.07) is 7.00. The number of rotatable bonds is 5. The molecule has 0 heterocycles. The van der Waals surface area contributed by atoms with E-state index in [-0.39, 0.29) is 24.0 Å². The molecule has 0 aliphatic rings. The van der Waals surface area contributed by atoms with Crippen LogP contribution in [0.15, 0.2) is 24.3 Å². The van der Waals surface area contributed by atoms with Crippen molar-refractivity contribution in [1.29, 1.82) is 0 Å². The summed E-state index contributed by atoms with van der Waals surface area (Å²) in [4.78, 5) is 0. The van der Waals surface area contributed by atoms with Gasteiger partial charge in [-0.2, -0.15) is 0 Å². The first-order chi connectivity index (χ1) is 7.56. The van der Waals surface area contributed by atoms with Gasteiger partial charge in [-0.15, -0.1) is 0 Å². The van der Waals surface area contributed by atoms with E-state index in [0.29, 0.717) is 5.56 Å². The molecule has 16 heavy (non-hydrogen) atoms. The van der Waals surface area contributed by atoms with E-state index >= 15 is 0 Å². The van der Waals surface area contributed by atoms with Crippen LogP contribution < -0.4 is 5.32 Å². The zero-order valence-corrected chi connectivity index (χ0v) is 10.3. The van der Waals surface area contributed by atoms with Crippen molar-refractivity contribution in [3.63, 3.8) is 0 Å². The lowest BCUT2D eigenvalue weighted by atomic mass is 10.1. The van der Waals surface area contributed by atoms with Gasteiger partial charge in [0.1, 0.15) is 5.82 Å². The number of nitrogens with one attached hydrogen (secondary N) is 1. The molecule has 0 saturated heterocycles. The highest BCUT2D eigenvalue weighted by Gasteiger charge is 2.16. The average Bonchev–Trinajstić information content (AvgIpc) is 2.28. The lowest BCUT2D eigenvalue weighted by Crippen LogP contribution is -2.38. The van der Waals surface area contributed by atoms with Gasteiger partial charge in [-0.3, -0.25) is 0 Å². The Morgan fingerprint density at radius 3 is 2.38 bits per heavy atom. The second kappa shape index (κ2) is 5.97. The molecule has 90 valence electrons. The van der Waals surface area contributed by atoms with Crippen LogP contribution in [0.3, 0.4) is 0 Å². The third kappa shape index (κ3) is 3.29. The largest absolute Gasteiger partial charge is 0.380 e. The molecule has 0 spiro atoms. The third-order valence-corrected chi connectivity index (χ3v) is 2.96. The lowest BCUT2D eigenvalue weighted by molar-refractivity contribution is 0.0850. The quantitative estimate of drug-likeness (QED) is 0.832. The highest BCUT2D eigenvalue weighted by Crippen LogP contribution is 2.17. The second-order valence-corrected chi connectivity index (χ2v) is 4.14. The Morgan fingerprint density at radius 2 is 1.81 bits per heavy atom. The molecule has 0 radical (unpaired) electrons. The van der Waals surface area contributed by atoms with Crippen LogP contribution in [0, 0.1) is 5.82 Å². The van der Waals surface area contributed by atoms with Crippen molar-refractivity contribution in [2.24, 2.45) is 0 Å². The van der Waals surface area contributed by atoms with Gasteiger partial charge >= 0.3 is 0 Å². The first kappa shape index (κ1) is 13.1. The summed E-state index contributed by atoms with van der Waals surface area (Å²) in [5.41, 5.74) is 0.692. The van der Waals surface area contributed by atoms with E-state index in [9.17, 15) is 4.39 Å². The summed E-state index contributed by atoms with van der Waals surface area (Å²) in [6.07, 6.45) is 0.106.